The van der Waals surface area contributed by atoms with Crippen molar-refractivity contribution in [1.29, 1.82) is 0 Å². The number of rotatable bonds is 4. The number of carbonyl (C=O) groups is 1. The number of carboxylic acids is 1. The minimum Gasteiger partial charge on any atom is -0.478 e. The van der Waals surface area contributed by atoms with Gasteiger partial charge in [0, 0.05) is 42.4 Å². The molecule has 6 nitrogen and oxygen atoms in total. The van der Waals surface area contributed by atoms with Crippen LogP contribution in [0, 0.1) is 0 Å². The lowest BCUT2D eigenvalue weighted by molar-refractivity contribution is 0.0698. The average molecular weight is 394 g/mol. The molecule has 0 unspecified atom stereocenters. The van der Waals surface area contributed by atoms with Crippen molar-refractivity contribution < 1.29 is 9.90 Å². The summed E-state index contributed by atoms with van der Waals surface area (Å²) in [6.07, 6.45) is 5.37. The molecule has 0 radical (unpaired) electrons. The van der Waals surface area contributed by atoms with E-state index < -0.39 is 5.97 Å². The van der Waals surface area contributed by atoms with Gasteiger partial charge in [0.05, 0.1) is 22.3 Å². The molecule has 0 aliphatic carbocycles. The predicted octanol–water partition coefficient (Wildman–Crippen LogP) is 5.23. The monoisotopic (exact) mass is 394 g/mol. The minimum absolute atomic E-state index is 0.212. The molecular formula is C24H18N4O2. The Bertz CT molecular complexity index is 1420. The van der Waals surface area contributed by atoms with Crippen molar-refractivity contribution in [3.8, 4) is 11.1 Å². The van der Waals surface area contributed by atoms with Gasteiger partial charge in [0.2, 0.25) is 0 Å². The predicted molar refractivity (Wildman–Crippen MR) is 118 cm³/mol. The third-order valence-electron chi connectivity index (χ3n) is 5.21. The Morgan fingerprint density at radius 3 is 2.70 bits per heavy atom. The summed E-state index contributed by atoms with van der Waals surface area (Å²) in [5, 5.41) is 13.9. The van der Waals surface area contributed by atoms with Crippen molar-refractivity contribution in [2.75, 3.05) is 5.32 Å². The van der Waals surface area contributed by atoms with E-state index in [9.17, 15) is 9.90 Å². The smallest absolute Gasteiger partial charge is 0.337 e. The number of benzene rings is 3. The van der Waals surface area contributed by atoms with Gasteiger partial charge < -0.3 is 15.0 Å². The van der Waals surface area contributed by atoms with Crippen LogP contribution in [0.1, 0.15) is 10.4 Å². The van der Waals surface area contributed by atoms with Gasteiger partial charge in [-0.15, -0.1) is 0 Å². The number of nitrogens with one attached hydrogen (secondary N) is 1. The number of fused-ring (bicyclic) bond motifs is 2. The Kier molecular flexibility index (Phi) is 4.17. The van der Waals surface area contributed by atoms with E-state index in [-0.39, 0.29) is 5.56 Å². The lowest BCUT2D eigenvalue weighted by Crippen LogP contribution is -2.02. The van der Waals surface area contributed by atoms with Gasteiger partial charge in [0.25, 0.3) is 0 Å². The van der Waals surface area contributed by atoms with Crippen molar-refractivity contribution in [2.45, 2.75) is 0 Å². The number of anilines is 2. The zero-order chi connectivity index (χ0) is 20.7. The summed E-state index contributed by atoms with van der Waals surface area (Å²) in [4.78, 5) is 20.6. The minimum atomic E-state index is -0.979. The maximum Gasteiger partial charge on any atom is 0.337 e. The summed E-state index contributed by atoms with van der Waals surface area (Å²) in [7, 11) is 2.02. The van der Waals surface area contributed by atoms with Crippen LogP contribution < -0.4 is 5.32 Å². The summed E-state index contributed by atoms with van der Waals surface area (Å²) in [5.74, 6) is -0.979. The summed E-state index contributed by atoms with van der Waals surface area (Å²) < 4.78 is 2.08. The van der Waals surface area contributed by atoms with Gasteiger partial charge in [-0.3, -0.25) is 9.97 Å². The Morgan fingerprint density at radius 1 is 1.00 bits per heavy atom. The van der Waals surface area contributed by atoms with E-state index in [1.807, 2.05) is 25.4 Å². The standard InChI is InChI=1S/C24H18N4O2/c1-28-11-8-15-6-7-16(12-22(15)28)19-13-17(14-21-23(19)26-10-9-25-21)27-20-5-3-2-4-18(20)24(29)30/h2-14,27H,1H3,(H,29,30). The molecule has 0 aliphatic rings. The number of carboxylic acid groups (broad SMARTS) is 1. The zero-order valence-electron chi connectivity index (χ0n) is 16.2. The maximum atomic E-state index is 11.6. The lowest BCUT2D eigenvalue weighted by Gasteiger charge is -2.13. The largest absolute Gasteiger partial charge is 0.478 e. The van der Waals surface area contributed by atoms with Crippen molar-refractivity contribution in [3.05, 3.63) is 84.8 Å². The third-order valence-corrected chi connectivity index (χ3v) is 5.21. The van der Waals surface area contributed by atoms with Gasteiger partial charge in [0.1, 0.15) is 0 Å². The van der Waals surface area contributed by atoms with Crippen LogP contribution in [-0.4, -0.2) is 25.6 Å². The molecule has 6 heteroatoms. The SMILES string of the molecule is Cn1ccc2ccc(-c3cc(Nc4ccccc4C(=O)O)cc4nccnc34)cc21. The molecule has 0 aliphatic heterocycles. The Hall–Kier alpha value is -4.19. The first-order valence-corrected chi connectivity index (χ1v) is 9.50. The van der Waals surface area contributed by atoms with E-state index >= 15 is 0 Å². The molecule has 2 N–H and O–H groups in total. The van der Waals surface area contributed by atoms with Gasteiger partial charge in [-0.2, -0.15) is 0 Å². The molecule has 0 amide bonds. The van der Waals surface area contributed by atoms with Gasteiger partial charge >= 0.3 is 5.97 Å². The molecule has 0 fully saturated rings. The molecule has 2 heterocycles. The molecule has 5 rings (SSSR count). The van der Waals surface area contributed by atoms with Crippen LogP contribution in [0.25, 0.3) is 33.1 Å². The van der Waals surface area contributed by atoms with E-state index in [1.165, 1.54) is 5.39 Å². The second kappa shape index (κ2) is 7.00. The second-order valence-electron chi connectivity index (χ2n) is 7.12. The van der Waals surface area contributed by atoms with E-state index in [1.54, 1.807) is 36.7 Å². The summed E-state index contributed by atoms with van der Waals surface area (Å²) in [5.41, 5.74) is 6.09. The van der Waals surface area contributed by atoms with Gasteiger partial charge in [-0.1, -0.05) is 24.3 Å². The Balaban J connectivity index is 1.68. The van der Waals surface area contributed by atoms with Crippen LogP contribution >= 0.6 is 0 Å². The highest BCUT2D eigenvalue weighted by molar-refractivity contribution is 5.99. The fourth-order valence-corrected chi connectivity index (χ4v) is 3.73. The van der Waals surface area contributed by atoms with E-state index in [0.29, 0.717) is 5.69 Å². The topological polar surface area (TPSA) is 80.0 Å². The molecule has 0 saturated heterocycles. The molecule has 0 spiro atoms. The normalized spacial score (nSPS) is 11.1. The number of nitrogens with zero attached hydrogens (tertiary/aromatic N) is 3. The molecule has 2 aromatic heterocycles. The van der Waals surface area contributed by atoms with E-state index in [2.05, 4.69) is 44.1 Å². The molecule has 5 aromatic rings. The Labute approximate surface area is 172 Å². The van der Waals surface area contributed by atoms with Crippen LogP contribution in [0.15, 0.2) is 79.3 Å². The highest BCUT2D eigenvalue weighted by Gasteiger charge is 2.13. The molecule has 3 aromatic carbocycles. The summed E-state index contributed by atoms with van der Waals surface area (Å²) in [6.45, 7) is 0. The first kappa shape index (κ1) is 17.9. The molecule has 0 bridgehead atoms. The lowest BCUT2D eigenvalue weighted by atomic mass is 10.0. The summed E-state index contributed by atoms with van der Waals surface area (Å²) in [6, 6.07) is 19.1. The van der Waals surface area contributed by atoms with Crippen molar-refractivity contribution >= 4 is 39.3 Å². The third kappa shape index (κ3) is 3.04. The first-order valence-electron chi connectivity index (χ1n) is 9.50. The van der Waals surface area contributed by atoms with Crippen molar-refractivity contribution in [1.82, 2.24) is 14.5 Å². The second-order valence-corrected chi connectivity index (χ2v) is 7.12. The summed E-state index contributed by atoms with van der Waals surface area (Å²) >= 11 is 0. The van der Waals surface area contributed by atoms with E-state index in [0.717, 1.165) is 33.4 Å². The number of hydrogen-bond donors (Lipinski definition) is 2. The maximum absolute atomic E-state index is 11.6. The Morgan fingerprint density at radius 2 is 1.83 bits per heavy atom. The highest BCUT2D eigenvalue weighted by Crippen LogP contribution is 2.33. The molecule has 146 valence electrons. The molecular weight excluding hydrogens is 376 g/mol. The first-order chi connectivity index (χ1) is 14.6. The van der Waals surface area contributed by atoms with Crippen LogP contribution in [0.4, 0.5) is 11.4 Å². The number of aromatic carboxylic acids is 1. The van der Waals surface area contributed by atoms with Gasteiger partial charge in [-0.05, 0) is 47.3 Å². The van der Waals surface area contributed by atoms with Crippen molar-refractivity contribution in [3.63, 3.8) is 0 Å². The van der Waals surface area contributed by atoms with Gasteiger partial charge in [-0.25, -0.2) is 4.79 Å². The number of aryl methyl sites for hydroxylation is 1. The number of para-hydroxylation sites is 1. The molecule has 0 saturated carbocycles. The molecule has 30 heavy (non-hydrogen) atoms. The number of hydrogen-bond acceptors (Lipinski definition) is 4. The fourth-order valence-electron chi connectivity index (χ4n) is 3.73. The van der Waals surface area contributed by atoms with Crippen LogP contribution in [0.5, 0.6) is 0 Å². The highest BCUT2D eigenvalue weighted by atomic mass is 16.4. The van der Waals surface area contributed by atoms with Crippen LogP contribution in [0.3, 0.4) is 0 Å². The van der Waals surface area contributed by atoms with Gasteiger partial charge in [0.15, 0.2) is 0 Å². The van der Waals surface area contributed by atoms with Crippen LogP contribution in [0.2, 0.25) is 0 Å². The fraction of sp³-hybridized carbons (Fsp3) is 0.0417. The van der Waals surface area contributed by atoms with Crippen LogP contribution in [-0.2, 0) is 7.05 Å². The number of aromatic nitrogens is 3. The van der Waals surface area contributed by atoms with Crippen molar-refractivity contribution in [2.24, 2.45) is 7.05 Å². The quantitative estimate of drug-likeness (QED) is 0.436. The average Bonchev–Trinajstić information content (AvgIpc) is 3.13. The zero-order valence-corrected chi connectivity index (χ0v) is 16.2. The van der Waals surface area contributed by atoms with E-state index in [4.69, 9.17) is 0 Å². The molecule has 0 atom stereocenters.